The first kappa shape index (κ1) is 13.6. The second kappa shape index (κ2) is 5.52. The summed E-state index contributed by atoms with van der Waals surface area (Å²) in [5, 5.41) is 0. The van der Waals surface area contributed by atoms with Gasteiger partial charge in [-0.2, -0.15) is 0 Å². The summed E-state index contributed by atoms with van der Waals surface area (Å²) in [4.78, 5) is 0. The van der Waals surface area contributed by atoms with Crippen LogP contribution in [0.25, 0.3) is 5.57 Å². The van der Waals surface area contributed by atoms with Gasteiger partial charge in [0.15, 0.2) is 5.70 Å². The Morgan fingerprint density at radius 1 is 1.10 bits per heavy atom. The fourth-order valence-corrected chi connectivity index (χ4v) is 2.53. The zero-order valence-corrected chi connectivity index (χ0v) is 11.6. The molecule has 1 aromatic carbocycles. The Morgan fingerprint density at radius 2 is 1.86 bits per heavy atom. The molecule has 3 rings (SSSR count). The fourth-order valence-electron chi connectivity index (χ4n) is 2.53. The summed E-state index contributed by atoms with van der Waals surface area (Å²) in [7, 11) is -0.650. The van der Waals surface area contributed by atoms with Crippen molar-refractivity contribution in [1.29, 1.82) is 0 Å². The van der Waals surface area contributed by atoms with Crippen molar-refractivity contribution in [2.45, 2.75) is 0 Å². The normalized spacial score (nSPS) is 16.0. The van der Waals surface area contributed by atoms with Crippen molar-refractivity contribution in [1.82, 2.24) is 4.57 Å². The second-order valence-corrected chi connectivity index (χ2v) is 4.82. The van der Waals surface area contributed by atoms with Crippen LogP contribution < -0.4 is 0 Å². The summed E-state index contributed by atoms with van der Waals surface area (Å²) < 4.78 is 29.4. The first-order chi connectivity index (χ1) is 10.2. The van der Waals surface area contributed by atoms with E-state index in [1.165, 1.54) is 6.21 Å². The maximum Gasteiger partial charge on any atom is 0.934 e. The van der Waals surface area contributed by atoms with Crippen LogP contribution in [0.4, 0.5) is 8.63 Å². The minimum absolute atomic E-state index is 0.512. The molecular weight excluding hydrogens is 269 g/mol. The highest BCUT2D eigenvalue weighted by Crippen LogP contribution is 2.29. The quantitative estimate of drug-likeness (QED) is 0.763. The van der Waals surface area contributed by atoms with E-state index < -0.39 is 7.40 Å². The van der Waals surface area contributed by atoms with Crippen LogP contribution in [0, 0.1) is 0 Å². The van der Waals surface area contributed by atoms with Crippen LogP contribution in [0.3, 0.4) is 0 Å². The predicted molar refractivity (Wildman–Crippen MR) is 81.3 cm³/mol. The number of hydrogen-bond donors (Lipinski definition) is 0. The summed E-state index contributed by atoms with van der Waals surface area (Å²) in [5.74, 6) is 0. The van der Waals surface area contributed by atoms with Crippen LogP contribution in [0.1, 0.15) is 11.3 Å². The molecule has 1 aliphatic heterocycles. The summed E-state index contributed by atoms with van der Waals surface area (Å²) in [6.07, 6.45) is 6.69. The number of halogens is 2. The minimum Gasteiger partial charge on any atom is -0.350 e. The van der Waals surface area contributed by atoms with E-state index in [1.807, 2.05) is 60.3 Å². The lowest BCUT2D eigenvalue weighted by molar-refractivity contribution is -0.335. The van der Waals surface area contributed by atoms with Crippen molar-refractivity contribution in [3.63, 3.8) is 0 Å². The van der Waals surface area contributed by atoms with Crippen molar-refractivity contribution in [2.24, 2.45) is 7.05 Å². The Hall–Kier alpha value is -2.43. The molecule has 104 valence electrons. The minimum atomic E-state index is -2.56. The Balaban J connectivity index is 2.26. The Labute approximate surface area is 122 Å². The highest BCUT2D eigenvalue weighted by molar-refractivity contribution is 6.34. The van der Waals surface area contributed by atoms with Crippen LogP contribution in [0.15, 0.2) is 66.5 Å². The molecule has 0 saturated heterocycles. The van der Waals surface area contributed by atoms with E-state index in [1.54, 1.807) is 12.2 Å². The van der Waals surface area contributed by atoms with Crippen LogP contribution in [-0.4, -0.2) is 22.7 Å². The summed E-state index contributed by atoms with van der Waals surface area (Å²) in [6, 6.07) is 13.5. The highest BCUT2D eigenvalue weighted by Gasteiger charge is 2.40. The zero-order chi connectivity index (χ0) is 14.8. The third kappa shape index (κ3) is 2.47. The number of rotatable bonds is 3. The number of allylic oxidation sites excluding steroid dienone is 2. The molecule has 0 bridgehead atoms. The van der Waals surface area contributed by atoms with Gasteiger partial charge in [0, 0.05) is 25.4 Å². The van der Waals surface area contributed by atoms with Gasteiger partial charge in [-0.05, 0) is 17.7 Å². The Kier molecular flexibility index (Phi) is 3.56. The second-order valence-electron chi connectivity index (χ2n) is 4.82. The third-order valence-electron chi connectivity index (χ3n) is 3.51. The highest BCUT2D eigenvalue weighted by atomic mass is 19.2. The van der Waals surface area contributed by atoms with E-state index in [-0.39, 0.29) is 0 Å². The van der Waals surface area contributed by atoms with Crippen LogP contribution in [0.5, 0.6) is 0 Å². The molecule has 0 atom stereocenters. The molecule has 21 heavy (non-hydrogen) atoms. The van der Waals surface area contributed by atoms with Gasteiger partial charge >= 0.3 is 7.40 Å². The van der Waals surface area contributed by atoms with Gasteiger partial charge < -0.3 is 4.57 Å². The summed E-state index contributed by atoms with van der Waals surface area (Å²) in [5.41, 5.74) is 3.13. The molecule has 0 aliphatic carbocycles. The molecule has 5 heteroatoms. The van der Waals surface area contributed by atoms with Crippen molar-refractivity contribution < 1.29 is 13.1 Å². The fraction of sp³-hybridized carbons (Fsp3) is 0.0625. The van der Waals surface area contributed by atoms with Gasteiger partial charge in [-0.3, -0.25) is 0 Å². The van der Waals surface area contributed by atoms with E-state index in [2.05, 4.69) is 0 Å². The lowest BCUT2D eigenvalue weighted by atomic mass is 9.98. The zero-order valence-electron chi connectivity index (χ0n) is 11.6. The molecule has 0 unspecified atom stereocenters. The van der Waals surface area contributed by atoms with Crippen LogP contribution >= 0.6 is 0 Å². The van der Waals surface area contributed by atoms with E-state index >= 15 is 0 Å². The number of hydrogen-bond acceptors (Lipinski definition) is 0. The number of benzene rings is 1. The molecule has 0 spiro atoms. The largest absolute Gasteiger partial charge is 0.934 e. The van der Waals surface area contributed by atoms with E-state index in [4.69, 9.17) is 0 Å². The third-order valence-corrected chi connectivity index (χ3v) is 3.51. The molecule has 1 aromatic heterocycles. The topological polar surface area (TPSA) is 7.94 Å². The first-order valence-electron chi connectivity index (χ1n) is 6.68. The smallest absolute Gasteiger partial charge is 0.350 e. The monoisotopic (exact) mass is 283 g/mol. The molecule has 0 fully saturated rings. The first-order valence-corrected chi connectivity index (χ1v) is 6.68. The van der Waals surface area contributed by atoms with E-state index in [9.17, 15) is 8.63 Å². The van der Waals surface area contributed by atoms with Gasteiger partial charge in [0.2, 0.25) is 0 Å². The van der Waals surface area contributed by atoms with E-state index in [0.717, 1.165) is 21.3 Å². The maximum atomic E-state index is 13.2. The predicted octanol–water partition coefficient (Wildman–Crippen LogP) is 3.36. The van der Waals surface area contributed by atoms with Gasteiger partial charge in [0.1, 0.15) is 6.21 Å². The SMILES string of the molecule is Cn1cccc1/C(=C1/C=CC=[N+]1B(F)F)c1ccccc1. The van der Waals surface area contributed by atoms with Gasteiger partial charge in [-0.25, -0.2) is 13.1 Å². The molecule has 0 N–H and O–H groups in total. The molecule has 0 amide bonds. The summed E-state index contributed by atoms with van der Waals surface area (Å²) >= 11 is 0. The Bertz CT molecular complexity index is 743. The standard InChI is InChI=1S/C16H14BF2N2/c1-20-11-5-9-14(20)16(13-7-3-2-4-8-13)15-10-6-12-21(15)17(18)19/h2-12H,1H3/q+1. The van der Waals surface area contributed by atoms with Gasteiger partial charge in [0.25, 0.3) is 0 Å². The lowest BCUT2D eigenvalue weighted by Gasteiger charge is -2.11. The van der Waals surface area contributed by atoms with E-state index in [0.29, 0.717) is 5.70 Å². The molecular formula is C16H14BF2N2+. The molecule has 2 nitrogen and oxygen atoms in total. The molecule has 0 radical (unpaired) electrons. The molecule has 2 heterocycles. The van der Waals surface area contributed by atoms with Crippen molar-refractivity contribution in [3.05, 3.63) is 77.8 Å². The van der Waals surface area contributed by atoms with Gasteiger partial charge in [0.05, 0.1) is 11.3 Å². The number of nitrogens with zero attached hydrogens (tertiary/aromatic N) is 2. The molecule has 2 aromatic rings. The Morgan fingerprint density at radius 3 is 2.48 bits per heavy atom. The van der Waals surface area contributed by atoms with Crippen LogP contribution in [0.2, 0.25) is 0 Å². The number of aryl methyl sites for hydroxylation is 1. The molecule has 1 aliphatic rings. The average Bonchev–Trinajstić information content (AvgIpc) is 3.11. The van der Waals surface area contributed by atoms with Crippen molar-refractivity contribution >= 4 is 19.2 Å². The average molecular weight is 283 g/mol. The molecule has 0 saturated carbocycles. The maximum absolute atomic E-state index is 13.2. The lowest BCUT2D eigenvalue weighted by Crippen LogP contribution is -2.21. The van der Waals surface area contributed by atoms with Gasteiger partial charge in [-0.15, -0.1) is 0 Å². The summed E-state index contributed by atoms with van der Waals surface area (Å²) in [6.45, 7) is 0. The number of aromatic nitrogens is 1. The van der Waals surface area contributed by atoms with Crippen molar-refractivity contribution in [2.75, 3.05) is 0 Å². The van der Waals surface area contributed by atoms with Crippen LogP contribution in [-0.2, 0) is 7.05 Å². The van der Waals surface area contributed by atoms with Gasteiger partial charge in [-0.1, -0.05) is 30.3 Å². The van der Waals surface area contributed by atoms with Crippen molar-refractivity contribution in [3.8, 4) is 0 Å².